The number of hydrogen-bond acceptors (Lipinski definition) is 2. The molecule has 6 aromatic carbocycles. The molecule has 0 bridgehead atoms. The van der Waals surface area contributed by atoms with Gasteiger partial charge in [-0.2, -0.15) is 0 Å². The van der Waals surface area contributed by atoms with Gasteiger partial charge in [-0.05, 0) is 93.9 Å². The zero-order valence-electron chi connectivity index (χ0n) is 24.8. The quantitative estimate of drug-likeness (QED) is 0.203. The average molecular weight is 579 g/mol. The van der Waals surface area contributed by atoms with Crippen LogP contribution in [-0.2, 0) is 5.41 Å². The summed E-state index contributed by atoms with van der Waals surface area (Å²) in [5.74, 6) is 0. The van der Waals surface area contributed by atoms with Crippen molar-refractivity contribution >= 4 is 40.0 Å². The topological polar surface area (TPSA) is 15.3 Å². The van der Waals surface area contributed by atoms with Gasteiger partial charge in [0.2, 0.25) is 0 Å². The van der Waals surface area contributed by atoms with Crippen LogP contribution in [0.15, 0.2) is 152 Å². The molecule has 0 saturated carbocycles. The number of benzene rings is 6. The third-order valence-electron chi connectivity index (χ3n) is 7.62. The van der Waals surface area contributed by atoms with Crippen LogP contribution in [0, 0.1) is 0 Å². The molecule has 6 rings (SSSR count). The minimum absolute atomic E-state index is 0.0548. The van der Waals surface area contributed by atoms with Crippen molar-refractivity contribution in [2.45, 2.75) is 26.2 Å². The molecule has 2 nitrogen and oxygen atoms in total. The number of anilines is 5. The summed E-state index contributed by atoms with van der Waals surface area (Å²) in [5, 5.41) is 4.31. The molecule has 0 aromatic heterocycles. The Hall–Kier alpha value is -4.79. The minimum Gasteiger partial charge on any atom is -0.355 e. The van der Waals surface area contributed by atoms with Crippen LogP contribution in [0.25, 0.3) is 22.3 Å². The Bertz CT molecular complexity index is 1720. The molecule has 43 heavy (non-hydrogen) atoms. The van der Waals surface area contributed by atoms with Crippen LogP contribution < -0.4 is 10.2 Å². The number of rotatable bonds is 7. The smallest absolute Gasteiger partial charge is 0.0485 e. The van der Waals surface area contributed by atoms with Gasteiger partial charge in [0, 0.05) is 33.5 Å². The molecular formula is C40H35ClN2. The van der Waals surface area contributed by atoms with Crippen molar-refractivity contribution in [2.24, 2.45) is 0 Å². The van der Waals surface area contributed by atoms with Crippen molar-refractivity contribution in [2.75, 3.05) is 10.2 Å². The lowest BCUT2D eigenvalue weighted by molar-refractivity contribution is 0.590. The highest BCUT2D eigenvalue weighted by molar-refractivity contribution is 6.30. The monoisotopic (exact) mass is 578 g/mol. The van der Waals surface area contributed by atoms with Crippen LogP contribution in [-0.4, -0.2) is 0 Å². The molecule has 0 saturated heterocycles. The highest BCUT2D eigenvalue weighted by Crippen LogP contribution is 2.40. The van der Waals surface area contributed by atoms with E-state index in [0.717, 1.165) is 28.4 Å². The summed E-state index contributed by atoms with van der Waals surface area (Å²) in [6, 6.07) is 53.3. The average Bonchev–Trinajstić information content (AvgIpc) is 3.02. The molecule has 0 spiro atoms. The van der Waals surface area contributed by atoms with E-state index in [-0.39, 0.29) is 5.41 Å². The zero-order chi connectivity index (χ0) is 29.8. The maximum absolute atomic E-state index is 6.32. The van der Waals surface area contributed by atoms with E-state index >= 15 is 0 Å². The molecule has 0 heterocycles. The fourth-order valence-corrected chi connectivity index (χ4v) is 5.48. The molecule has 0 atom stereocenters. The molecular weight excluding hydrogens is 544 g/mol. The van der Waals surface area contributed by atoms with Gasteiger partial charge in [-0.25, -0.2) is 0 Å². The molecule has 0 aliphatic heterocycles. The Morgan fingerprint density at radius 3 is 1.47 bits per heavy atom. The molecule has 0 aliphatic carbocycles. The molecule has 3 heteroatoms. The summed E-state index contributed by atoms with van der Waals surface area (Å²) >= 11 is 6.32. The summed E-state index contributed by atoms with van der Waals surface area (Å²) in [7, 11) is 0. The molecule has 0 amide bonds. The predicted molar refractivity (Wildman–Crippen MR) is 185 cm³/mol. The normalized spacial score (nSPS) is 11.3. The van der Waals surface area contributed by atoms with E-state index in [0.29, 0.717) is 5.02 Å². The Morgan fingerprint density at radius 1 is 0.465 bits per heavy atom. The molecule has 212 valence electrons. The molecule has 0 fully saturated rings. The first-order valence-corrected chi connectivity index (χ1v) is 15.0. The van der Waals surface area contributed by atoms with Gasteiger partial charge in [0.05, 0.1) is 0 Å². The summed E-state index contributed by atoms with van der Waals surface area (Å²) in [6.07, 6.45) is 0. The molecule has 0 radical (unpaired) electrons. The van der Waals surface area contributed by atoms with E-state index < -0.39 is 0 Å². The molecule has 1 N–H and O–H groups in total. The highest BCUT2D eigenvalue weighted by Gasteiger charge is 2.20. The van der Waals surface area contributed by atoms with Gasteiger partial charge >= 0.3 is 0 Å². The van der Waals surface area contributed by atoms with Crippen molar-refractivity contribution in [1.29, 1.82) is 0 Å². The number of nitrogens with one attached hydrogen (secondary N) is 1. The lowest BCUT2D eigenvalue weighted by Gasteiger charge is -2.29. The maximum atomic E-state index is 6.32. The van der Waals surface area contributed by atoms with E-state index in [1.165, 1.54) is 27.8 Å². The second-order valence-electron chi connectivity index (χ2n) is 11.8. The van der Waals surface area contributed by atoms with Gasteiger partial charge in [0.1, 0.15) is 0 Å². The first-order chi connectivity index (χ1) is 20.8. The third-order valence-corrected chi connectivity index (χ3v) is 7.86. The Balaban J connectivity index is 1.47. The van der Waals surface area contributed by atoms with Crippen LogP contribution in [0.2, 0.25) is 5.02 Å². The largest absolute Gasteiger partial charge is 0.355 e. The van der Waals surface area contributed by atoms with Crippen molar-refractivity contribution in [1.82, 2.24) is 0 Å². The first kappa shape index (κ1) is 28.3. The van der Waals surface area contributed by atoms with E-state index in [1.54, 1.807) is 0 Å². The molecule has 0 unspecified atom stereocenters. The minimum atomic E-state index is -0.0548. The van der Waals surface area contributed by atoms with Crippen molar-refractivity contribution < 1.29 is 0 Å². The van der Waals surface area contributed by atoms with Crippen molar-refractivity contribution in [3.8, 4) is 22.3 Å². The van der Waals surface area contributed by atoms with Gasteiger partial charge in [0.15, 0.2) is 0 Å². The van der Waals surface area contributed by atoms with Crippen LogP contribution in [0.5, 0.6) is 0 Å². The third kappa shape index (κ3) is 6.66. The fraction of sp³-hybridized carbons (Fsp3) is 0.100. The van der Waals surface area contributed by atoms with E-state index in [9.17, 15) is 0 Å². The highest BCUT2D eigenvalue weighted by atomic mass is 35.5. The number of halogens is 1. The second-order valence-corrected chi connectivity index (χ2v) is 12.3. The van der Waals surface area contributed by atoms with Gasteiger partial charge in [-0.1, -0.05) is 123 Å². The van der Waals surface area contributed by atoms with Crippen LogP contribution >= 0.6 is 11.6 Å². The summed E-state index contributed by atoms with van der Waals surface area (Å²) in [6.45, 7) is 6.76. The van der Waals surface area contributed by atoms with Crippen molar-refractivity contribution in [3.63, 3.8) is 0 Å². The summed E-state index contributed by atoms with van der Waals surface area (Å²) in [5.41, 5.74) is 11.2. The lowest BCUT2D eigenvalue weighted by atomic mass is 9.86. The Kier molecular flexibility index (Phi) is 8.05. The second kappa shape index (κ2) is 12.2. The molecule has 6 aromatic rings. The van der Waals surface area contributed by atoms with Gasteiger partial charge < -0.3 is 10.2 Å². The van der Waals surface area contributed by atoms with Gasteiger partial charge in [0.25, 0.3) is 0 Å². The summed E-state index contributed by atoms with van der Waals surface area (Å²) < 4.78 is 0. The lowest BCUT2D eigenvalue weighted by Crippen LogP contribution is -2.15. The maximum Gasteiger partial charge on any atom is 0.0485 e. The van der Waals surface area contributed by atoms with Gasteiger partial charge in [-0.3, -0.25) is 0 Å². The van der Waals surface area contributed by atoms with Crippen molar-refractivity contribution in [3.05, 3.63) is 162 Å². The number of nitrogens with zero attached hydrogens (tertiary/aromatic N) is 1. The standard InChI is InChI=1S/C40H35ClN2/c1-40(2,3)33-25-36(42-35-16-10-15-34(41)27-35)28-39(26-33)43(37-21-17-31(18-22-37)29-11-6-4-7-12-29)38-23-19-32(20-24-38)30-13-8-5-9-14-30/h4-28,42H,1-3H3. The van der Waals surface area contributed by atoms with Crippen LogP contribution in [0.1, 0.15) is 26.3 Å². The first-order valence-electron chi connectivity index (χ1n) is 14.6. The zero-order valence-corrected chi connectivity index (χ0v) is 25.5. The van der Waals surface area contributed by atoms with Crippen LogP contribution in [0.4, 0.5) is 28.4 Å². The summed E-state index contributed by atoms with van der Waals surface area (Å²) in [4.78, 5) is 2.34. The van der Waals surface area contributed by atoms with Gasteiger partial charge in [-0.15, -0.1) is 0 Å². The van der Waals surface area contributed by atoms with E-state index in [1.807, 2.05) is 24.3 Å². The Morgan fingerprint density at radius 2 is 0.977 bits per heavy atom. The molecule has 0 aliphatic rings. The Labute approximate surface area is 260 Å². The van der Waals surface area contributed by atoms with E-state index in [4.69, 9.17) is 11.6 Å². The van der Waals surface area contributed by atoms with E-state index in [2.05, 4.69) is 158 Å². The SMILES string of the molecule is CC(C)(C)c1cc(Nc2cccc(Cl)c2)cc(N(c2ccc(-c3ccccc3)cc2)c2ccc(-c3ccccc3)cc2)c1. The number of hydrogen-bond donors (Lipinski definition) is 1. The predicted octanol–water partition coefficient (Wildman–Crippen LogP) is 12.2. The van der Waals surface area contributed by atoms with Crippen LogP contribution in [0.3, 0.4) is 0 Å². The fourth-order valence-electron chi connectivity index (χ4n) is 5.29.